The lowest BCUT2D eigenvalue weighted by molar-refractivity contribution is -0.00828. The van der Waals surface area contributed by atoms with E-state index >= 15 is 0 Å². The number of nitrogens with one attached hydrogen (secondary N) is 1. The fourth-order valence-corrected chi connectivity index (χ4v) is 6.93. The van der Waals surface area contributed by atoms with Crippen LogP contribution >= 0.6 is 0 Å². The smallest absolute Gasteiger partial charge is 0.259 e. The number of methoxy groups -OCH3 is 1. The molecule has 1 amide bonds. The second-order valence-electron chi connectivity index (χ2n) is 9.93. The van der Waals surface area contributed by atoms with Crippen molar-refractivity contribution in [2.24, 2.45) is 17.8 Å². The highest BCUT2D eigenvalue weighted by atomic mass is 16.5. The Bertz CT molecular complexity index is 1120. The lowest BCUT2D eigenvalue weighted by Crippen LogP contribution is -2.49. The summed E-state index contributed by atoms with van der Waals surface area (Å²) in [5.41, 5.74) is 3.74. The average Bonchev–Trinajstić information content (AvgIpc) is 3.30. The summed E-state index contributed by atoms with van der Waals surface area (Å²) in [4.78, 5) is 12.7. The first kappa shape index (κ1) is 19.5. The average molecular weight is 429 g/mol. The Morgan fingerprint density at radius 1 is 1.00 bits per heavy atom. The Kier molecular flexibility index (Phi) is 4.56. The number of anilines is 1. The van der Waals surface area contributed by atoms with Crippen molar-refractivity contribution < 1.29 is 9.53 Å². The third-order valence-electron chi connectivity index (χ3n) is 7.85. The lowest BCUT2D eigenvalue weighted by Gasteiger charge is -2.56. The van der Waals surface area contributed by atoms with Crippen molar-refractivity contribution in [3.05, 3.63) is 66.0 Å². The van der Waals surface area contributed by atoms with E-state index in [1.807, 2.05) is 47.3 Å². The molecule has 32 heavy (non-hydrogen) atoms. The molecule has 1 heterocycles. The largest absolute Gasteiger partial charge is 0.496 e. The van der Waals surface area contributed by atoms with Crippen molar-refractivity contribution in [3.63, 3.8) is 0 Å². The van der Waals surface area contributed by atoms with Crippen LogP contribution in [0.4, 0.5) is 5.69 Å². The normalized spacial score (nSPS) is 28.0. The number of carbonyl (C=O) groups is 1. The zero-order chi connectivity index (χ0) is 21.7. The first-order chi connectivity index (χ1) is 15.6. The number of ether oxygens (including phenoxy) is 1. The van der Waals surface area contributed by atoms with Gasteiger partial charge in [-0.3, -0.25) is 4.79 Å². The number of benzene rings is 2. The van der Waals surface area contributed by atoms with Gasteiger partial charge in [-0.1, -0.05) is 17.3 Å². The van der Waals surface area contributed by atoms with Crippen LogP contribution in [0.15, 0.2) is 54.7 Å². The maximum absolute atomic E-state index is 12.7. The Morgan fingerprint density at radius 3 is 2.31 bits per heavy atom. The summed E-state index contributed by atoms with van der Waals surface area (Å²) >= 11 is 0. The van der Waals surface area contributed by atoms with Crippen LogP contribution in [0, 0.1) is 17.8 Å². The van der Waals surface area contributed by atoms with Gasteiger partial charge in [-0.15, -0.1) is 5.10 Å². The number of hydrogen-bond donors (Lipinski definition) is 1. The standard InChI is InChI=1S/C26H28N4O2/c1-32-23-5-3-2-4-22(23)25(31)28-20-6-8-21(9-7-20)30-24(16-27-29-30)26-13-17-10-18(14-26)12-19(11-17)15-26/h2-9,16-19H,10-15H2,1H3,(H,28,31). The van der Waals surface area contributed by atoms with E-state index in [0.29, 0.717) is 11.3 Å². The van der Waals surface area contributed by atoms with Gasteiger partial charge in [0, 0.05) is 11.1 Å². The van der Waals surface area contributed by atoms with Crippen molar-refractivity contribution in [2.45, 2.75) is 43.9 Å². The van der Waals surface area contributed by atoms with E-state index in [9.17, 15) is 4.79 Å². The molecule has 4 aliphatic rings. The minimum Gasteiger partial charge on any atom is -0.496 e. The highest BCUT2D eigenvalue weighted by molar-refractivity contribution is 6.06. The van der Waals surface area contributed by atoms with Crippen LogP contribution in [0.3, 0.4) is 0 Å². The van der Waals surface area contributed by atoms with Crippen molar-refractivity contribution in [2.75, 3.05) is 12.4 Å². The van der Waals surface area contributed by atoms with E-state index in [1.165, 1.54) is 44.2 Å². The van der Waals surface area contributed by atoms with Crippen LogP contribution < -0.4 is 10.1 Å². The van der Waals surface area contributed by atoms with Gasteiger partial charge < -0.3 is 10.1 Å². The summed E-state index contributed by atoms with van der Waals surface area (Å²) in [5, 5.41) is 11.7. The first-order valence-electron chi connectivity index (χ1n) is 11.6. The monoisotopic (exact) mass is 428 g/mol. The van der Waals surface area contributed by atoms with E-state index in [0.717, 1.165) is 29.1 Å². The molecule has 2 aromatic carbocycles. The van der Waals surface area contributed by atoms with Gasteiger partial charge in [0.1, 0.15) is 5.75 Å². The number of carbonyl (C=O) groups excluding carboxylic acids is 1. The van der Waals surface area contributed by atoms with Crippen molar-refractivity contribution in [1.29, 1.82) is 0 Å². The van der Waals surface area contributed by atoms with E-state index < -0.39 is 0 Å². The molecule has 7 rings (SSSR count). The van der Waals surface area contributed by atoms with Crippen molar-refractivity contribution in [1.82, 2.24) is 15.0 Å². The van der Waals surface area contributed by atoms with E-state index in [1.54, 1.807) is 19.2 Å². The molecular formula is C26H28N4O2. The molecule has 164 valence electrons. The molecule has 0 radical (unpaired) electrons. The lowest BCUT2D eigenvalue weighted by atomic mass is 9.49. The van der Waals surface area contributed by atoms with Gasteiger partial charge in [0.05, 0.1) is 30.3 Å². The number of para-hydroxylation sites is 1. The highest BCUT2D eigenvalue weighted by Gasteiger charge is 2.53. The molecule has 0 saturated heterocycles. The number of hydrogen-bond acceptors (Lipinski definition) is 4. The summed E-state index contributed by atoms with van der Waals surface area (Å²) in [6.45, 7) is 0. The molecule has 1 aromatic heterocycles. The molecule has 0 atom stereocenters. The minimum atomic E-state index is -0.190. The van der Waals surface area contributed by atoms with Gasteiger partial charge in [-0.25, -0.2) is 4.68 Å². The second-order valence-corrected chi connectivity index (χ2v) is 9.93. The SMILES string of the molecule is COc1ccccc1C(=O)Nc1ccc(-n2nncc2C23CC4CC(CC(C4)C2)C3)cc1. The third-order valence-corrected chi connectivity index (χ3v) is 7.85. The van der Waals surface area contributed by atoms with E-state index in [2.05, 4.69) is 15.6 Å². The number of amides is 1. The molecule has 0 spiro atoms. The van der Waals surface area contributed by atoms with Crippen LogP contribution in [-0.2, 0) is 5.41 Å². The van der Waals surface area contributed by atoms with Gasteiger partial charge in [0.2, 0.25) is 0 Å². The maximum Gasteiger partial charge on any atom is 0.259 e. The zero-order valence-electron chi connectivity index (χ0n) is 18.3. The van der Waals surface area contributed by atoms with Crippen LogP contribution in [0.1, 0.15) is 54.6 Å². The molecule has 6 heteroatoms. The fraction of sp³-hybridized carbons (Fsp3) is 0.423. The molecule has 4 aliphatic carbocycles. The number of aromatic nitrogens is 3. The van der Waals surface area contributed by atoms with Crippen LogP contribution in [0.25, 0.3) is 5.69 Å². The molecule has 4 fully saturated rings. The first-order valence-corrected chi connectivity index (χ1v) is 11.6. The quantitative estimate of drug-likeness (QED) is 0.621. The number of nitrogens with zero attached hydrogens (tertiary/aromatic N) is 3. The Morgan fingerprint density at radius 2 is 1.66 bits per heavy atom. The summed E-state index contributed by atoms with van der Waals surface area (Å²) in [6, 6.07) is 15.1. The molecule has 0 unspecified atom stereocenters. The van der Waals surface area contributed by atoms with Gasteiger partial charge in [0.25, 0.3) is 5.91 Å². The van der Waals surface area contributed by atoms with E-state index in [4.69, 9.17) is 4.74 Å². The van der Waals surface area contributed by atoms with Gasteiger partial charge in [-0.2, -0.15) is 0 Å². The zero-order valence-corrected chi connectivity index (χ0v) is 18.3. The van der Waals surface area contributed by atoms with Crippen LogP contribution in [0.5, 0.6) is 5.75 Å². The van der Waals surface area contributed by atoms with Crippen LogP contribution in [-0.4, -0.2) is 28.0 Å². The minimum absolute atomic E-state index is 0.190. The summed E-state index contributed by atoms with van der Waals surface area (Å²) < 4.78 is 7.33. The Labute approximate surface area is 188 Å². The van der Waals surface area contributed by atoms with Gasteiger partial charge >= 0.3 is 0 Å². The predicted molar refractivity (Wildman–Crippen MR) is 122 cm³/mol. The predicted octanol–water partition coefficient (Wildman–Crippen LogP) is 5.00. The summed E-state index contributed by atoms with van der Waals surface area (Å²) in [6.07, 6.45) is 10.1. The fourth-order valence-electron chi connectivity index (χ4n) is 6.93. The molecule has 6 nitrogen and oxygen atoms in total. The Hall–Kier alpha value is -3.15. The topological polar surface area (TPSA) is 69.0 Å². The molecular weight excluding hydrogens is 400 g/mol. The molecule has 4 saturated carbocycles. The summed E-state index contributed by atoms with van der Waals surface area (Å²) in [7, 11) is 1.57. The third kappa shape index (κ3) is 3.20. The van der Waals surface area contributed by atoms with Crippen molar-refractivity contribution >= 4 is 11.6 Å². The summed E-state index contributed by atoms with van der Waals surface area (Å²) in [5.74, 6) is 2.99. The van der Waals surface area contributed by atoms with Gasteiger partial charge in [0.15, 0.2) is 0 Å². The number of rotatable bonds is 5. The van der Waals surface area contributed by atoms with E-state index in [-0.39, 0.29) is 11.3 Å². The molecule has 4 bridgehead atoms. The molecule has 3 aromatic rings. The second kappa shape index (κ2) is 7.47. The molecule has 1 N–H and O–H groups in total. The van der Waals surface area contributed by atoms with Gasteiger partial charge in [-0.05, 0) is 92.7 Å². The Balaban J connectivity index is 1.24. The maximum atomic E-state index is 12.7. The molecule has 0 aliphatic heterocycles. The van der Waals surface area contributed by atoms with Crippen molar-refractivity contribution in [3.8, 4) is 11.4 Å². The highest BCUT2D eigenvalue weighted by Crippen LogP contribution is 2.60. The van der Waals surface area contributed by atoms with Crippen LogP contribution in [0.2, 0.25) is 0 Å².